The predicted molar refractivity (Wildman–Crippen MR) is 93.7 cm³/mol. The molecule has 0 spiro atoms. The highest BCUT2D eigenvalue weighted by atomic mass is 32.1. The second-order valence-electron chi connectivity index (χ2n) is 6.72. The molecule has 4 rings (SSSR count). The first-order valence-corrected chi connectivity index (χ1v) is 9.60. The van der Waals surface area contributed by atoms with Gasteiger partial charge in [0, 0.05) is 37.5 Å². The first kappa shape index (κ1) is 15.8. The molecule has 2 aliphatic heterocycles. The molecule has 0 saturated carbocycles. The second kappa shape index (κ2) is 6.69. The van der Waals surface area contributed by atoms with Crippen molar-refractivity contribution >= 4 is 17.2 Å². The van der Waals surface area contributed by atoms with E-state index in [1.165, 1.54) is 12.8 Å². The van der Waals surface area contributed by atoms with Crippen LogP contribution in [0.5, 0.6) is 0 Å². The molecule has 1 amide bonds. The fourth-order valence-electron chi connectivity index (χ4n) is 4.17. The molecule has 128 valence electrons. The number of likely N-dealkylation sites (tertiary alicyclic amines) is 2. The molecule has 2 fully saturated rings. The number of carbonyl (C=O) groups is 1. The Morgan fingerprint density at radius 2 is 2.17 bits per heavy atom. The van der Waals surface area contributed by atoms with Crippen molar-refractivity contribution in [3.05, 3.63) is 29.5 Å². The maximum Gasteiger partial charge on any atom is 0.219 e. The Morgan fingerprint density at radius 3 is 2.96 bits per heavy atom. The highest BCUT2D eigenvalue weighted by Crippen LogP contribution is 2.32. The zero-order chi connectivity index (χ0) is 16.5. The standard InChI is InChI=1S/C18H23N3O2S/c1-13(22)21-9-3-6-16(21)15-5-2-8-20(15)11-14-12-24-18(19-14)17-7-4-10-23-17/h4,7,10,12,15-16H,2-3,5-6,8-9,11H2,1H3. The van der Waals surface area contributed by atoms with Crippen LogP contribution in [0.2, 0.25) is 0 Å². The van der Waals surface area contributed by atoms with Gasteiger partial charge in [-0.25, -0.2) is 4.98 Å². The van der Waals surface area contributed by atoms with E-state index in [4.69, 9.17) is 9.40 Å². The molecule has 2 aromatic heterocycles. The molecule has 0 aliphatic carbocycles. The lowest BCUT2D eigenvalue weighted by atomic mass is 10.0. The first-order valence-electron chi connectivity index (χ1n) is 8.72. The topological polar surface area (TPSA) is 49.6 Å². The number of hydrogen-bond acceptors (Lipinski definition) is 5. The number of nitrogens with zero attached hydrogens (tertiary/aromatic N) is 3. The maximum absolute atomic E-state index is 11.9. The van der Waals surface area contributed by atoms with E-state index in [-0.39, 0.29) is 5.91 Å². The number of amides is 1. The van der Waals surface area contributed by atoms with Crippen molar-refractivity contribution < 1.29 is 9.21 Å². The molecule has 2 saturated heterocycles. The monoisotopic (exact) mass is 345 g/mol. The van der Waals surface area contributed by atoms with Gasteiger partial charge in [0.05, 0.1) is 12.0 Å². The lowest BCUT2D eigenvalue weighted by Gasteiger charge is -2.34. The molecule has 2 unspecified atom stereocenters. The minimum atomic E-state index is 0.220. The minimum absolute atomic E-state index is 0.220. The third-order valence-electron chi connectivity index (χ3n) is 5.21. The third-order valence-corrected chi connectivity index (χ3v) is 6.12. The summed E-state index contributed by atoms with van der Waals surface area (Å²) < 4.78 is 5.44. The number of aromatic nitrogens is 1. The Balaban J connectivity index is 1.47. The highest BCUT2D eigenvalue weighted by molar-refractivity contribution is 7.13. The van der Waals surface area contributed by atoms with Gasteiger partial charge in [0.2, 0.25) is 5.91 Å². The van der Waals surface area contributed by atoms with E-state index in [1.54, 1.807) is 24.5 Å². The normalized spacial score (nSPS) is 24.8. The molecule has 0 aromatic carbocycles. The summed E-state index contributed by atoms with van der Waals surface area (Å²) in [7, 11) is 0. The van der Waals surface area contributed by atoms with Crippen LogP contribution in [-0.2, 0) is 11.3 Å². The van der Waals surface area contributed by atoms with Gasteiger partial charge in [-0.05, 0) is 44.4 Å². The van der Waals surface area contributed by atoms with Crippen molar-refractivity contribution in [3.63, 3.8) is 0 Å². The van der Waals surface area contributed by atoms with Gasteiger partial charge in [-0.15, -0.1) is 11.3 Å². The lowest BCUT2D eigenvalue weighted by molar-refractivity contribution is -0.130. The zero-order valence-corrected chi connectivity index (χ0v) is 14.8. The van der Waals surface area contributed by atoms with Gasteiger partial charge in [0.15, 0.2) is 10.8 Å². The molecular weight excluding hydrogens is 322 g/mol. The van der Waals surface area contributed by atoms with Gasteiger partial charge < -0.3 is 9.32 Å². The van der Waals surface area contributed by atoms with Crippen LogP contribution in [0.4, 0.5) is 0 Å². The number of furan rings is 1. The SMILES string of the molecule is CC(=O)N1CCCC1C1CCCN1Cc1csc(-c2ccco2)n1. The predicted octanol–water partition coefficient (Wildman–Crippen LogP) is 3.38. The molecule has 2 aromatic rings. The molecule has 6 heteroatoms. The molecule has 0 radical (unpaired) electrons. The van der Waals surface area contributed by atoms with Crippen LogP contribution < -0.4 is 0 Å². The number of rotatable bonds is 4. The van der Waals surface area contributed by atoms with E-state index < -0.39 is 0 Å². The van der Waals surface area contributed by atoms with Gasteiger partial charge in [-0.3, -0.25) is 9.69 Å². The molecule has 0 bridgehead atoms. The fourth-order valence-corrected chi connectivity index (χ4v) is 4.95. The average molecular weight is 345 g/mol. The Hall–Kier alpha value is -1.66. The van der Waals surface area contributed by atoms with Gasteiger partial charge in [-0.2, -0.15) is 0 Å². The largest absolute Gasteiger partial charge is 0.462 e. The van der Waals surface area contributed by atoms with E-state index in [9.17, 15) is 4.79 Å². The molecular formula is C18H23N3O2S. The number of thiazole rings is 1. The molecule has 0 N–H and O–H groups in total. The van der Waals surface area contributed by atoms with Crippen LogP contribution in [0.3, 0.4) is 0 Å². The van der Waals surface area contributed by atoms with Crippen molar-refractivity contribution in [2.75, 3.05) is 13.1 Å². The van der Waals surface area contributed by atoms with E-state index in [0.29, 0.717) is 12.1 Å². The Morgan fingerprint density at radius 1 is 1.33 bits per heavy atom. The Labute approximate surface area is 146 Å². The third kappa shape index (κ3) is 3.00. The smallest absolute Gasteiger partial charge is 0.219 e. The summed E-state index contributed by atoms with van der Waals surface area (Å²) in [6, 6.07) is 4.70. The molecule has 24 heavy (non-hydrogen) atoms. The first-order chi connectivity index (χ1) is 11.7. The Bertz CT molecular complexity index is 697. The van der Waals surface area contributed by atoms with Crippen LogP contribution in [0.1, 0.15) is 38.3 Å². The van der Waals surface area contributed by atoms with Gasteiger partial charge >= 0.3 is 0 Å². The van der Waals surface area contributed by atoms with E-state index in [0.717, 1.165) is 48.9 Å². The Kier molecular flexibility index (Phi) is 4.41. The van der Waals surface area contributed by atoms with Crippen molar-refractivity contribution in [1.29, 1.82) is 0 Å². The van der Waals surface area contributed by atoms with Crippen molar-refractivity contribution in [2.45, 2.75) is 51.2 Å². The molecule has 5 nitrogen and oxygen atoms in total. The van der Waals surface area contributed by atoms with Gasteiger partial charge in [0.25, 0.3) is 0 Å². The van der Waals surface area contributed by atoms with Crippen LogP contribution in [-0.4, -0.2) is 45.9 Å². The summed E-state index contributed by atoms with van der Waals surface area (Å²) in [5.74, 6) is 1.06. The summed E-state index contributed by atoms with van der Waals surface area (Å²) >= 11 is 1.63. The van der Waals surface area contributed by atoms with Crippen LogP contribution in [0, 0.1) is 0 Å². The summed E-state index contributed by atoms with van der Waals surface area (Å²) in [6.07, 6.45) is 6.35. The van der Waals surface area contributed by atoms with Crippen molar-refractivity contribution in [3.8, 4) is 10.8 Å². The second-order valence-corrected chi connectivity index (χ2v) is 7.58. The summed E-state index contributed by atoms with van der Waals surface area (Å²) in [5.41, 5.74) is 1.10. The lowest BCUT2D eigenvalue weighted by Crippen LogP contribution is -2.47. The fraction of sp³-hybridized carbons (Fsp3) is 0.556. The summed E-state index contributed by atoms with van der Waals surface area (Å²) in [5, 5.41) is 3.07. The zero-order valence-electron chi connectivity index (χ0n) is 14.0. The summed E-state index contributed by atoms with van der Waals surface area (Å²) in [6.45, 7) is 4.59. The molecule has 2 atom stereocenters. The highest BCUT2D eigenvalue weighted by Gasteiger charge is 2.38. The minimum Gasteiger partial charge on any atom is -0.462 e. The quantitative estimate of drug-likeness (QED) is 0.852. The summed E-state index contributed by atoms with van der Waals surface area (Å²) in [4.78, 5) is 21.2. The molecule has 2 aliphatic rings. The molecule has 4 heterocycles. The van der Waals surface area contributed by atoms with E-state index >= 15 is 0 Å². The van der Waals surface area contributed by atoms with Crippen LogP contribution in [0.15, 0.2) is 28.2 Å². The number of carbonyl (C=O) groups excluding carboxylic acids is 1. The van der Waals surface area contributed by atoms with Crippen molar-refractivity contribution in [2.24, 2.45) is 0 Å². The van der Waals surface area contributed by atoms with Crippen molar-refractivity contribution in [1.82, 2.24) is 14.8 Å². The number of hydrogen-bond donors (Lipinski definition) is 0. The maximum atomic E-state index is 11.9. The average Bonchev–Trinajstić information content (AvgIpc) is 3.35. The van der Waals surface area contributed by atoms with Crippen LogP contribution >= 0.6 is 11.3 Å². The van der Waals surface area contributed by atoms with E-state index in [1.807, 2.05) is 12.1 Å². The van der Waals surface area contributed by atoms with Gasteiger partial charge in [-0.1, -0.05) is 0 Å². The van der Waals surface area contributed by atoms with Gasteiger partial charge in [0.1, 0.15) is 0 Å². The van der Waals surface area contributed by atoms with E-state index in [2.05, 4.69) is 15.2 Å². The van der Waals surface area contributed by atoms with Crippen LogP contribution in [0.25, 0.3) is 10.8 Å².